The summed E-state index contributed by atoms with van der Waals surface area (Å²) in [6, 6.07) is 17.1. The van der Waals surface area contributed by atoms with E-state index in [4.69, 9.17) is 10.5 Å². The van der Waals surface area contributed by atoms with Crippen molar-refractivity contribution >= 4 is 28.9 Å². The lowest BCUT2D eigenvalue weighted by Gasteiger charge is -2.43. The Morgan fingerprint density at radius 1 is 1.14 bits per heavy atom. The number of nitrogens with two attached hydrogens (primary N) is 1. The average Bonchev–Trinajstić information content (AvgIpc) is 2.96. The van der Waals surface area contributed by atoms with Crippen molar-refractivity contribution in [3.63, 3.8) is 0 Å². The monoisotopic (exact) mass is 612 g/mol. The molecular formula is C34H33FN4O4S. The quantitative estimate of drug-likeness (QED) is 0.164. The first kappa shape index (κ1) is 30.8. The number of carbonyl (C=O) groups excluding carboxylic acids is 1. The Hall–Kier alpha value is -4.62. The van der Waals surface area contributed by atoms with Gasteiger partial charge in [0.05, 0.1) is 35.7 Å². The number of methoxy groups -OCH3 is 1. The predicted octanol–water partition coefficient (Wildman–Crippen LogP) is 7.59. The fraction of sp³-hybridized carbons (Fsp3) is 0.294. The predicted molar refractivity (Wildman–Crippen MR) is 169 cm³/mol. The summed E-state index contributed by atoms with van der Waals surface area (Å²) >= 11 is 1.56. The van der Waals surface area contributed by atoms with E-state index in [1.165, 1.54) is 36.3 Å². The number of Topliss-reactive ketones (excluding diaryl/α,β-unsaturated/α-hetero) is 1. The summed E-state index contributed by atoms with van der Waals surface area (Å²) in [6.45, 7) is 7.91. The van der Waals surface area contributed by atoms with Gasteiger partial charge in [0.2, 0.25) is 0 Å². The highest BCUT2D eigenvalue weighted by Crippen LogP contribution is 2.52. The van der Waals surface area contributed by atoms with Crippen molar-refractivity contribution in [1.82, 2.24) is 0 Å². The Labute approximate surface area is 260 Å². The summed E-state index contributed by atoms with van der Waals surface area (Å²) in [6.07, 6.45) is 0.684. The van der Waals surface area contributed by atoms with Crippen molar-refractivity contribution < 1.29 is 18.8 Å². The number of anilines is 1. The average molecular weight is 613 g/mol. The van der Waals surface area contributed by atoms with Gasteiger partial charge >= 0.3 is 0 Å². The number of rotatable bonds is 7. The summed E-state index contributed by atoms with van der Waals surface area (Å²) in [4.78, 5) is 28.2. The van der Waals surface area contributed by atoms with Crippen molar-refractivity contribution in [2.45, 2.75) is 57.1 Å². The number of ether oxygens (including phenoxy) is 1. The molecule has 10 heteroatoms. The largest absolute Gasteiger partial charge is 0.496 e. The number of carbonyl (C=O) groups is 1. The molecule has 226 valence electrons. The molecule has 44 heavy (non-hydrogen) atoms. The number of ketones is 1. The number of benzene rings is 3. The van der Waals surface area contributed by atoms with Gasteiger partial charge in [-0.2, -0.15) is 5.26 Å². The van der Waals surface area contributed by atoms with Crippen molar-refractivity contribution in [3.05, 3.63) is 115 Å². The van der Waals surface area contributed by atoms with Gasteiger partial charge in [-0.15, -0.1) is 11.8 Å². The van der Waals surface area contributed by atoms with E-state index < -0.39 is 16.3 Å². The van der Waals surface area contributed by atoms with Gasteiger partial charge in [0.25, 0.3) is 5.69 Å². The molecule has 1 atom stereocenters. The van der Waals surface area contributed by atoms with Crippen molar-refractivity contribution in [2.75, 3.05) is 12.0 Å². The molecular weight excluding hydrogens is 579 g/mol. The summed E-state index contributed by atoms with van der Waals surface area (Å²) in [5, 5.41) is 22.8. The van der Waals surface area contributed by atoms with Crippen LogP contribution in [0.1, 0.15) is 54.9 Å². The Morgan fingerprint density at radius 2 is 1.84 bits per heavy atom. The van der Waals surface area contributed by atoms with Crippen LogP contribution in [-0.2, 0) is 10.5 Å². The van der Waals surface area contributed by atoms with Crippen LogP contribution in [0.2, 0.25) is 0 Å². The van der Waals surface area contributed by atoms with Crippen molar-refractivity contribution in [2.24, 2.45) is 11.1 Å². The standard InChI is InChI=1S/C34H33FN4O4S/c1-19-12-20(2)25(13-21(19)18-44-24-9-6-22(35)7-10-24)31-26(17-36)33(37)38(29-15-34(3,4)16-30(40)32(29)31)27-11-8-23(43-5)14-28(27)39(41)42/h6-14,31H,15-16,18,37H2,1-5H3. The Kier molecular flexibility index (Phi) is 8.28. The van der Waals surface area contributed by atoms with E-state index in [-0.39, 0.29) is 40.8 Å². The molecule has 1 aliphatic carbocycles. The second kappa shape index (κ2) is 11.8. The molecule has 0 radical (unpaired) electrons. The smallest absolute Gasteiger partial charge is 0.296 e. The maximum atomic E-state index is 14.0. The molecule has 2 N–H and O–H groups in total. The van der Waals surface area contributed by atoms with E-state index >= 15 is 0 Å². The van der Waals surface area contributed by atoms with Crippen LogP contribution in [0.25, 0.3) is 0 Å². The molecule has 0 saturated heterocycles. The van der Waals surface area contributed by atoms with Gasteiger partial charge in [-0.1, -0.05) is 26.0 Å². The fourth-order valence-corrected chi connectivity index (χ4v) is 7.10. The van der Waals surface area contributed by atoms with Crippen LogP contribution in [0.3, 0.4) is 0 Å². The molecule has 0 saturated carbocycles. The molecule has 0 bridgehead atoms. The van der Waals surface area contributed by atoms with Crippen LogP contribution < -0.4 is 15.4 Å². The first-order chi connectivity index (χ1) is 20.8. The molecule has 3 aromatic carbocycles. The summed E-state index contributed by atoms with van der Waals surface area (Å²) < 4.78 is 18.7. The summed E-state index contributed by atoms with van der Waals surface area (Å²) in [7, 11) is 1.42. The zero-order chi connectivity index (χ0) is 31.9. The maximum Gasteiger partial charge on any atom is 0.296 e. The lowest BCUT2D eigenvalue weighted by atomic mass is 9.68. The number of nitro benzene ring substituents is 1. The van der Waals surface area contributed by atoms with E-state index in [0.717, 1.165) is 27.1 Å². The van der Waals surface area contributed by atoms with Crippen LogP contribution >= 0.6 is 11.8 Å². The third-order valence-electron chi connectivity index (χ3n) is 8.24. The highest BCUT2D eigenvalue weighted by molar-refractivity contribution is 7.98. The van der Waals surface area contributed by atoms with Gasteiger partial charge in [-0.25, -0.2) is 4.39 Å². The first-order valence-electron chi connectivity index (χ1n) is 14.1. The SMILES string of the molecule is COc1ccc(N2C(N)=C(C#N)C(c3cc(CSc4ccc(F)cc4)c(C)cc3C)C3=C2CC(C)(C)CC3=O)c([N+](=O)[O-])c1. The minimum Gasteiger partial charge on any atom is -0.496 e. The summed E-state index contributed by atoms with van der Waals surface area (Å²) in [5.74, 6) is -0.207. The maximum absolute atomic E-state index is 14.0. The van der Waals surface area contributed by atoms with Crippen LogP contribution in [0.4, 0.5) is 15.8 Å². The second-order valence-corrected chi connectivity index (χ2v) is 13.0. The van der Waals surface area contributed by atoms with E-state index in [0.29, 0.717) is 29.2 Å². The zero-order valence-corrected chi connectivity index (χ0v) is 26.0. The molecule has 2 aliphatic rings. The van der Waals surface area contributed by atoms with Crippen LogP contribution in [0, 0.1) is 46.5 Å². The van der Waals surface area contributed by atoms with E-state index in [2.05, 4.69) is 6.07 Å². The highest BCUT2D eigenvalue weighted by atomic mass is 32.2. The normalized spacial score (nSPS) is 17.8. The second-order valence-electron chi connectivity index (χ2n) is 12.0. The van der Waals surface area contributed by atoms with Gasteiger partial charge in [-0.05, 0) is 84.3 Å². The number of aryl methyl sites for hydroxylation is 2. The zero-order valence-electron chi connectivity index (χ0n) is 25.2. The third kappa shape index (κ3) is 5.67. The minimum absolute atomic E-state index is 0.0530. The fourth-order valence-electron chi connectivity index (χ4n) is 6.14. The van der Waals surface area contributed by atoms with Gasteiger partial charge in [0, 0.05) is 28.3 Å². The first-order valence-corrected chi connectivity index (χ1v) is 15.1. The van der Waals surface area contributed by atoms with Gasteiger partial charge < -0.3 is 10.5 Å². The molecule has 1 unspecified atom stereocenters. The number of nitro groups is 1. The number of nitriles is 1. The van der Waals surface area contributed by atoms with Crippen molar-refractivity contribution in [3.8, 4) is 11.8 Å². The molecule has 0 aromatic heterocycles. The van der Waals surface area contributed by atoms with Crippen molar-refractivity contribution in [1.29, 1.82) is 5.26 Å². The number of thioether (sulfide) groups is 1. The number of hydrogen-bond donors (Lipinski definition) is 1. The molecule has 0 fully saturated rings. The molecule has 0 amide bonds. The van der Waals surface area contributed by atoms with Gasteiger partial charge in [0.15, 0.2) is 5.78 Å². The lowest BCUT2D eigenvalue weighted by Crippen LogP contribution is -2.42. The molecule has 5 rings (SSSR count). The Balaban J connectivity index is 1.70. The van der Waals surface area contributed by atoms with E-state index in [1.54, 1.807) is 30.0 Å². The highest BCUT2D eigenvalue weighted by Gasteiger charge is 2.46. The van der Waals surface area contributed by atoms with Gasteiger partial charge in [-0.3, -0.25) is 19.8 Å². The third-order valence-corrected chi connectivity index (χ3v) is 9.31. The topological polar surface area (TPSA) is 122 Å². The lowest BCUT2D eigenvalue weighted by molar-refractivity contribution is -0.384. The molecule has 1 aliphatic heterocycles. The van der Waals surface area contributed by atoms with E-state index in [1.807, 2.05) is 39.8 Å². The number of halogens is 1. The summed E-state index contributed by atoms with van der Waals surface area (Å²) in [5.41, 5.74) is 11.2. The Morgan fingerprint density at radius 3 is 2.48 bits per heavy atom. The molecule has 3 aromatic rings. The molecule has 1 heterocycles. The number of allylic oxidation sites excluding steroid dienone is 3. The number of nitrogens with zero attached hydrogens (tertiary/aromatic N) is 3. The van der Waals surface area contributed by atoms with Crippen LogP contribution in [0.15, 0.2) is 82.2 Å². The molecule has 8 nitrogen and oxygen atoms in total. The Bertz CT molecular complexity index is 1790. The molecule has 0 spiro atoms. The minimum atomic E-state index is -0.734. The van der Waals surface area contributed by atoms with Crippen LogP contribution in [-0.4, -0.2) is 17.8 Å². The van der Waals surface area contributed by atoms with Gasteiger partial charge in [0.1, 0.15) is 23.1 Å². The number of hydrogen-bond acceptors (Lipinski definition) is 8. The van der Waals surface area contributed by atoms with Crippen LogP contribution in [0.5, 0.6) is 5.75 Å². The van der Waals surface area contributed by atoms with E-state index in [9.17, 15) is 24.6 Å².